The van der Waals surface area contributed by atoms with Crippen LogP contribution in [-0.4, -0.2) is 16.1 Å². The van der Waals surface area contributed by atoms with Crippen molar-refractivity contribution < 1.29 is 9.21 Å². The number of aromatic nitrogens is 2. The number of hydrogen-bond acceptors (Lipinski definition) is 5. The summed E-state index contributed by atoms with van der Waals surface area (Å²) in [5.41, 5.74) is 1.55. The number of aryl methyl sites for hydroxylation is 1. The Balaban J connectivity index is 1.82. The van der Waals surface area contributed by atoms with Crippen LogP contribution in [-0.2, 0) is 0 Å². The van der Waals surface area contributed by atoms with E-state index in [1.807, 2.05) is 31.2 Å². The van der Waals surface area contributed by atoms with Gasteiger partial charge in [0.2, 0.25) is 5.13 Å². The van der Waals surface area contributed by atoms with Crippen molar-refractivity contribution in [2.75, 3.05) is 5.32 Å². The minimum absolute atomic E-state index is 0.286. The van der Waals surface area contributed by atoms with E-state index in [-0.39, 0.29) is 5.91 Å². The summed E-state index contributed by atoms with van der Waals surface area (Å²) in [4.78, 5) is 12.5. The van der Waals surface area contributed by atoms with Gasteiger partial charge in [0.1, 0.15) is 10.6 Å². The summed E-state index contributed by atoms with van der Waals surface area (Å²) in [5.74, 6) is 0.433. The molecule has 0 fully saturated rings. The van der Waals surface area contributed by atoms with Gasteiger partial charge in [0.05, 0.1) is 0 Å². The van der Waals surface area contributed by atoms with Crippen molar-refractivity contribution in [2.45, 2.75) is 39.5 Å². The second-order valence-electron chi connectivity index (χ2n) is 5.47. The summed E-state index contributed by atoms with van der Waals surface area (Å²) in [6.07, 6.45) is 2.03. The van der Waals surface area contributed by atoms with Gasteiger partial charge in [0.25, 0.3) is 5.91 Å². The Morgan fingerprint density at radius 1 is 1.26 bits per heavy atom. The summed E-state index contributed by atoms with van der Waals surface area (Å²) in [6, 6.07) is 7.62. The zero-order valence-electron chi connectivity index (χ0n) is 13.4. The van der Waals surface area contributed by atoms with Gasteiger partial charge in [-0.25, -0.2) is 0 Å². The molecule has 0 aliphatic heterocycles. The fourth-order valence-corrected chi connectivity index (χ4v) is 3.64. The van der Waals surface area contributed by atoms with Gasteiger partial charge in [-0.15, -0.1) is 10.2 Å². The molecule has 1 aromatic carbocycles. The monoisotopic (exact) mass is 329 g/mol. The van der Waals surface area contributed by atoms with Crippen molar-refractivity contribution in [1.82, 2.24) is 10.2 Å². The third-order valence-corrected chi connectivity index (χ3v) is 5.05. The van der Waals surface area contributed by atoms with Crippen LogP contribution in [0.5, 0.6) is 0 Å². The molecular formula is C17H19N3O2S. The molecule has 120 valence electrons. The third kappa shape index (κ3) is 2.99. The van der Waals surface area contributed by atoms with E-state index in [0.29, 0.717) is 22.4 Å². The Labute approximate surface area is 138 Å². The average molecular weight is 329 g/mol. The molecule has 0 unspecified atom stereocenters. The van der Waals surface area contributed by atoms with Crippen LogP contribution >= 0.6 is 11.3 Å². The summed E-state index contributed by atoms with van der Waals surface area (Å²) in [7, 11) is 0. The number of fused-ring (bicyclic) bond motifs is 1. The standard InChI is InChI=1S/C17H19N3O2S/c1-4-11(5-2)16-19-20-17(23-16)18-15(21)14-10(3)12-8-6-7-9-13(12)22-14/h6-9,11H,4-5H2,1-3H3,(H,18,20,21). The Morgan fingerprint density at radius 2 is 2.00 bits per heavy atom. The quantitative estimate of drug-likeness (QED) is 0.733. The molecule has 0 spiro atoms. The number of furan rings is 1. The van der Waals surface area contributed by atoms with Crippen LogP contribution in [0.1, 0.15) is 53.7 Å². The van der Waals surface area contributed by atoms with E-state index in [1.54, 1.807) is 0 Å². The summed E-state index contributed by atoms with van der Waals surface area (Å²) < 4.78 is 5.67. The highest BCUT2D eigenvalue weighted by Gasteiger charge is 2.20. The third-order valence-electron chi connectivity index (χ3n) is 4.05. The predicted molar refractivity (Wildman–Crippen MR) is 92.1 cm³/mol. The molecule has 23 heavy (non-hydrogen) atoms. The maximum absolute atomic E-state index is 12.5. The Bertz CT molecular complexity index is 833. The van der Waals surface area contributed by atoms with Crippen molar-refractivity contribution in [3.63, 3.8) is 0 Å². The lowest BCUT2D eigenvalue weighted by molar-refractivity contribution is 0.0998. The fraction of sp³-hybridized carbons (Fsp3) is 0.353. The molecule has 0 saturated carbocycles. The molecule has 1 N–H and O–H groups in total. The molecule has 2 heterocycles. The maximum atomic E-state index is 12.5. The molecular weight excluding hydrogens is 310 g/mol. The zero-order chi connectivity index (χ0) is 16.4. The van der Waals surface area contributed by atoms with Gasteiger partial charge in [-0.1, -0.05) is 43.4 Å². The van der Waals surface area contributed by atoms with E-state index in [4.69, 9.17) is 4.42 Å². The normalized spacial score (nSPS) is 11.3. The molecule has 3 rings (SSSR count). The second kappa shape index (κ2) is 6.50. The SMILES string of the molecule is CCC(CC)c1nnc(NC(=O)c2oc3ccccc3c2C)s1. The molecule has 0 aliphatic carbocycles. The van der Waals surface area contributed by atoms with Gasteiger partial charge in [-0.3, -0.25) is 10.1 Å². The van der Waals surface area contributed by atoms with E-state index in [0.717, 1.165) is 28.8 Å². The number of hydrogen-bond donors (Lipinski definition) is 1. The number of amides is 1. The van der Waals surface area contributed by atoms with Crippen molar-refractivity contribution in [3.05, 3.63) is 40.6 Å². The molecule has 0 radical (unpaired) electrons. The minimum Gasteiger partial charge on any atom is -0.451 e. The first-order valence-electron chi connectivity index (χ1n) is 7.76. The van der Waals surface area contributed by atoms with Gasteiger partial charge >= 0.3 is 0 Å². The number of para-hydroxylation sites is 1. The van der Waals surface area contributed by atoms with Crippen LogP contribution in [0.3, 0.4) is 0 Å². The van der Waals surface area contributed by atoms with Gasteiger partial charge < -0.3 is 4.42 Å². The van der Waals surface area contributed by atoms with Crippen LogP contribution in [0.15, 0.2) is 28.7 Å². The van der Waals surface area contributed by atoms with Crippen molar-refractivity contribution >= 4 is 33.3 Å². The van der Waals surface area contributed by atoms with Crippen LogP contribution in [0, 0.1) is 6.92 Å². The number of rotatable bonds is 5. The first kappa shape index (κ1) is 15.7. The Kier molecular flexibility index (Phi) is 4.43. The van der Waals surface area contributed by atoms with Crippen LogP contribution in [0.4, 0.5) is 5.13 Å². The largest absolute Gasteiger partial charge is 0.451 e. The van der Waals surface area contributed by atoms with E-state index in [1.165, 1.54) is 11.3 Å². The van der Waals surface area contributed by atoms with Crippen molar-refractivity contribution in [2.24, 2.45) is 0 Å². The van der Waals surface area contributed by atoms with Gasteiger partial charge in [-0.2, -0.15) is 0 Å². The van der Waals surface area contributed by atoms with Gasteiger partial charge in [0, 0.05) is 16.9 Å². The first-order valence-corrected chi connectivity index (χ1v) is 8.58. The number of anilines is 1. The number of carbonyl (C=O) groups excluding carboxylic acids is 1. The summed E-state index contributed by atoms with van der Waals surface area (Å²) >= 11 is 1.43. The summed E-state index contributed by atoms with van der Waals surface area (Å²) in [5, 5.41) is 13.5. The maximum Gasteiger partial charge on any atom is 0.293 e. The molecule has 0 atom stereocenters. The van der Waals surface area contributed by atoms with E-state index in [9.17, 15) is 4.79 Å². The lowest BCUT2D eigenvalue weighted by Crippen LogP contribution is -2.11. The van der Waals surface area contributed by atoms with Crippen LogP contribution in [0.2, 0.25) is 0 Å². The molecule has 0 bridgehead atoms. The Hall–Kier alpha value is -2.21. The highest BCUT2D eigenvalue weighted by molar-refractivity contribution is 7.15. The zero-order valence-corrected chi connectivity index (χ0v) is 14.2. The van der Waals surface area contributed by atoms with Gasteiger partial charge in [-0.05, 0) is 25.8 Å². The smallest absolute Gasteiger partial charge is 0.293 e. The average Bonchev–Trinajstić information content (AvgIpc) is 3.14. The molecule has 3 aromatic rings. The number of benzene rings is 1. The molecule has 2 aromatic heterocycles. The molecule has 0 saturated heterocycles. The fourth-order valence-electron chi connectivity index (χ4n) is 2.63. The van der Waals surface area contributed by atoms with Crippen molar-refractivity contribution in [3.8, 4) is 0 Å². The molecule has 0 aliphatic rings. The molecule has 6 heteroatoms. The molecule has 5 nitrogen and oxygen atoms in total. The van der Waals surface area contributed by atoms with Crippen LogP contribution < -0.4 is 5.32 Å². The van der Waals surface area contributed by atoms with E-state index >= 15 is 0 Å². The minimum atomic E-state index is -0.286. The lowest BCUT2D eigenvalue weighted by Gasteiger charge is -2.05. The topological polar surface area (TPSA) is 68.0 Å². The number of nitrogens with zero attached hydrogens (tertiary/aromatic N) is 2. The number of carbonyl (C=O) groups is 1. The summed E-state index contributed by atoms with van der Waals surface area (Å²) in [6.45, 7) is 6.15. The first-order chi connectivity index (χ1) is 11.1. The van der Waals surface area contributed by atoms with Crippen LogP contribution in [0.25, 0.3) is 11.0 Å². The highest BCUT2D eigenvalue weighted by atomic mass is 32.1. The number of nitrogens with one attached hydrogen (secondary N) is 1. The van der Waals surface area contributed by atoms with E-state index in [2.05, 4.69) is 29.4 Å². The second-order valence-corrected chi connectivity index (χ2v) is 6.47. The van der Waals surface area contributed by atoms with Gasteiger partial charge in [0.15, 0.2) is 5.76 Å². The predicted octanol–water partition coefficient (Wildman–Crippen LogP) is 4.75. The lowest BCUT2D eigenvalue weighted by atomic mass is 10.1. The molecule has 1 amide bonds. The van der Waals surface area contributed by atoms with Crippen molar-refractivity contribution in [1.29, 1.82) is 0 Å². The van der Waals surface area contributed by atoms with E-state index < -0.39 is 0 Å². The highest BCUT2D eigenvalue weighted by Crippen LogP contribution is 2.29. The Morgan fingerprint density at radius 3 is 2.70 bits per heavy atom.